The minimum Gasteiger partial charge on any atom is -0.356 e. The van der Waals surface area contributed by atoms with Crippen molar-refractivity contribution in [1.82, 2.24) is 5.32 Å². The first-order valence-electron chi connectivity index (χ1n) is 5.69. The van der Waals surface area contributed by atoms with E-state index in [2.05, 4.69) is 12.2 Å². The maximum atomic E-state index is 11.5. The zero-order valence-corrected chi connectivity index (χ0v) is 10.1. The Labute approximate surface area is 101 Å². The fraction of sp³-hybridized carbons (Fsp3) is 0.462. The second kappa shape index (κ2) is 4.88. The molecule has 2 atom stereocenters. The van der Waals surface area contributed by atoms with E-state index in [-0.39, 0.29) is 11.8 Å². The fourth-order valence-corrected chi connectivity index (χ4v) is 2.05. The summed E-state index contributed by atoms with van der Waals surface area (Å²) in [6.45, 7) is 2.81. The summed E-state index contributed by atoms with van der Waals surface area (Å²) in [5.41, 5.74) is 1.16. The standard InChI is InChI=1S/C13H16ClNO/c1-9-7-12(9)13(16)15-6-5-10-3-2-4-11(14)8-10/h2-4,8-9,12H,5-7H2,1H3,(H,15,16). The van der Waals surface area contributed by atoms with E-state index in [1.54, 1.807) is 0 Å². The highest BCUT2D eigenvalue weighted by Gasteiger charge is 2.38. The van der Waals surface area contributed by atoms with Crippen LogP contribution in [0.1, 0.15) is 18.9 Å². The van der Waals surface area contributed by atoms with Crippen LogP contribution in [-0.4, -0.2) is 12.5 Å². The number of carbonyl (C=O) groups is 1. The lowest BCUT2D eigenvalue weighted by molar-refractivity contribution is -0.122. The lowest BCUT2D eigenvalue weighted by atomic mass is 10.1. The molecule has 0 saturated heterocycles. The quantitative estimate of drug-likeness (QED) is 0.857. The Balaban J connectivity index is 1.74. The van der Waals surface area contributed by atoms with Crippen molar-refractivity contribution in [1.29, 1.82) is 0 Å². The number of hydrogen-bond acceptors (Lipinski definition) is 1. The van der Waals surface area contributed by atoms with Crippen molar-refractivity contribution in [2.45, 2.75) is 19.8 Å². The van der Waals surface area contributed by atoms with E-state index in [9.17, 15) is 4.79 Å². The molecule has 1 aliphatic rings. The Kier molecular flexibility index (Phi) is 3.49. The molecule has 86 valence electrons. The monoisotopic (exact) mass is 237 g/mol. The van der Waals surface area contributed by atoms with Gasteiger partial charge in [-0.25, -0.2) is 0 Å². The molecule has 1 fully saturated rings. The van der Waals surface area contributed by atoms with Gasteiger partial charge in [-0.1, -0.05) is 30.7 Å². The van der Waals surface area contributed by atoms with Gasteiger partial charge in [-0.05, 0) is 36.5 Å². The smallest absolute Gasteiger partial charge is 0.223 e. The van der Waals surface area contributed by atoms with Crippen LogP contribution in [0.3, 0.4) is 0 Å². The topological polar surface area (TPSA) is 29.1 Å². The van der Waals surface area contributed by atoms with Gasteiger partial charge in [0.1, 0.15) is 0 Å². The van der Waals surface area contributed by atoms with Crippen molar-refractivity contribution < 1.29 is 4.79 Å². The molecular formula is C13H16ClNO. The number of halogens is 1. The summed E-state index contributed by atoms with van der Waals surface area (Å²) in [5, 5.41) is 3.71. The van der Waals surface area contributed by atoms with Gasteiger partial charge in [-0.2, -0.15) is 0 Å². The van der Waals surface area contributed by atoms with Crippen LogP contribution < -0.4 is 5.32 Å². The van der Waals surface area contributed by atoms with Crippen LogP contribution in [0.2, 0.25) is 5.02 Å². The van der Waals surface area contributed by atoms with Crippen molar-refractivity contribution in [3.63, 3.8) is 0 Å². The van der Waals surface area contributed by atoms with Crippen LogP contribution in [0.4, 0.5) is 0 Å². The van der Waals surface area contributed by atoms with Crippen LogP contribution in [0.5, 0.6) is 0 Å². The van der Waals surface area contributed by atoms with Crippen molar-refractivity contribution in [2.75, 3.05) is 6.54 Å². The predicted molar refractivity (Wildman–Crippen MR) is 65.4 cm³/mol. The Morgan fingerprint density at radius 1 is 1.56 bits per heavy atom. The molecule has 1 aromatic rings. The average Bonchev–Trinajstić information content (AvgIpc) is 2.96. The van der Waals surface area contributed by atoms with Gasteiger partial charge < -0.3 is 5.32 Å². The SMILES string of the molecule is CC1CC1C(=O)NCCc1cccc(Cl)c1. The average molecular weight is 238 g/mol. The van der Waals surface area contributed by atoms with E-state index in [0.29, 0.717) is 12.5 Å². The van der Waals surface area contributed by atoms with E-state index in [1.807, 2.05) is 24.3 Å². The molecular weight excluding hydrogens is 222 g/mol. The summed E-state index contributed by atoms with van der Waals surface area (Å²) < 4.78 is 0. The molecule has 16 heavy (non-hydrogen) atoms. The summed E-state index contributed by atoms with van der Waals surface area (Å²) >= 11 is 5.88. The minimum absolute atomic E-state index is 0.203. The maximum Gasteiger partial charge on any atom is 0.223 e. The molecule has 0 spiro atoms. The third-order valence-electron chi connectivity index (χ3n) is 3.05. The normalized spacial score (nSPS) is 22.9. The van der Waals surface area contributed by atoms with Gasteiger partial charge in [0.2, 0.25) is 5.91 Å². The van der Waals surface area contributed by atoms with Gasteiger partial charge >= 0.3 is 0 Å². The van der Waals surface area contributed by atoms with Crippen LogP contribution in [-0.2, 0) is 11.2 Å². The highest BCUT2D eigenvalue weighted by Crippen LogP contribution is 2.37. The summed E-state index contributed by atoms with van der Waals surface area (Å²) in [6.07, 6.45) is 1.89. The molecule has 1 N–H and O–H groups in total. The highest BCUT2D eigenvalue weighted by molar-refractivity contribution is 6.30. The number of nitrogens with one attached hydrogen (secondary N) is 1. The van der Waals surface area contributed by atoms with Crippen molar-refractivity contribution in [3.8, 4) is 0 Å². The first kappa shape index (κ1) is 11.5. The first-order chi connectivity index (χ1) is 7.66. The summed E-state index contributed by atoms with van der Waals surface area (Å²) in [7, 11) is 0. The number of hydrogen-bond donors (Lipinski definition) is 1. The third-order valence-corrected chi connectivity index (χ3v) is 3.28. The molecule has 1 amide bonds. The molecule has 2 unspecified atom stereocenters. The van der Waals surface area contributed by atoms with E-state index in [4.69, 9.17) is 11.6 Å². The van der Waals surface area contributed by atoms with E-state index in [0.717, 1.165) is 23.4 Å². The molecule has 3 heteroatoms. The molecule has 1 saturated carbocycles. The minimum atomic E-state index is 0.203. The number of carbonyl (C=O) groups excluding carboxylic acids is 1. The van der Waals surface area contributed by atoms with Crippen molar-refractivity contribution in [3.05, 3.63) is 34.9 Å². The van der Waals surface area contributed by atoms with Gasteiger partial charge in [0.15, 0.2) is 0 Å². The lowest BCUT2D eigenvalue weighted by Gasteiger charge is -2.04. The van der Waals surface area contributed by atoms with Crippen molar-refractivity contribution >= 4 is 17.5 Å². The summed E-state index contributed by atoms with van der Waals surface area (Å²) in [6, 6.07) is 7.75. The molecule has 2 rings (SSSR count). The third kappa shape index (κ3) is 2.99. The van der Waals surface area contributed by atoms with E-state index in [1.165, 1.54) is 0 Å². The Hall–Kier alpha value is -1.02. The van der Waals surface area contributed by atoms with Crippen LogP contribution in [0.25, 0.3) is 0 Å². The van der Waals surface area contributed by atoms with Gasteiger partial charge in [0.25, 0.3) is 0 Å². The zero-order chi connectivity index (χ0) is 11.5. The molecule has 0 aromatic heterocycles. The molecule has 2 nitrogen and oxygen atoms in total. The Morgan fingerprint density at radius 2 is 2.31 bits per heavy atom. The van der Waals surface area contributed by atoms with Crippen LogP contribution in [0, 0.1) is 11.8 Å². The molecule has 1 aromatic carbocycles. The predicted octanol–water partition coefficient (Wildman–Crippen LogP) is 2.65. The number of rotatable bonds is 4. The maximum absolute atomic E-state index is 11.5. The zero-order valence-electron chi connectivity index (χ0n) is 9.37. The van der Waals surface area contributed by atoms with Crippen LogP contribution >= 0.6 is 11.6 Å². The second-order valence-corrected chi connectivity index (χ2v) is 4.93. The van der Waals surface area contributed by atoms with Gasteiger partial charge in [-0.3, -0.25) is 4.79 Å². The van der Waals surface area contributed by atoms with Crippen LogP contribution in [0.15, 0.2) is 24.3 Å². The van der Waals surface area contributed by atoms with Crippen molar-refractivity contribution in [2.24, 2.45) is 11.8 Å². The number of benzene rings is 1. The van der Waals surface area contributed by atoms with Gasteiger partial charge in [0, 0.05) is 17.5 Å². The summed E-state index contributed by atoms with van der Waals surface area (Å²) in [5.74, 6) is 1.04. The van der Waals surface area contributed by atoms with Gasteiger partial charge in [-0.15, -0.1) is 0 Å². The van der Waals surface area contributed by atoms with Gasteiger partial charge in [0.05, 0.1) is 0 Å². The lowest BCUT2D eigenvalue weighted by Crippen LogP contribution is -2.27. The first-order valence-corrected chi connectivity index (χ1v) is 6.07. The largest absolute Gasteiger partial charge is 0.356 e. The Morgan fingerprint density at radius 3 is 2.94 bits per heavy atom. The Bertz CT molecular complexity index is 391. The molecule has 0 heterocycles. The fourth-order valence-electron chi connectivity index (χ4n) is 1.84. The van der Waals surface area contributed by atoms with E-state index >= 15 is 0 Å². The van der Waals surface area contributed by atoms with E-state index < -0.39 is 0 Å². The highest BCUT2D eigenvalue weighted by atomic mass is 35.5. The molecule has 0 bridgehead atoms. The molecule has 1 aliphatic carbocycles. The summed E-state index contributed by atoms with van der Waals surface area (Å²) in [4.78, 5) is 11.5. The molecule has 0 aliphatic heterocycles. The second-order valence-electron chi connectivity index (χ2n) is 4.49. The number of amides is 1. The molecule has 0 radical (unpaired) electrons.